The quantitative estimate of drug-likeness (QED) is 0.921. The van der Waals surface area contributed by atoms with Crippen molar-refractivity contribution >= 4 is 17.2 Å². The molecule has 1 atom stereocenters. The summed E-state index contributed by atoms with van der Waals surface area (Å²) >= 11 is 1.64. The number of hydrogen-bond donors (Lipinski definition) is 1. The Labute approximate surface area is 134 Å². The highest BCUT2D eigenvalue weighted by molar-refractivity contribution is 7.07. The molecule has 0 aromatic carbocycles. The minimum absolute atomic E-state index is 0.0192. The molecule has 1 aliphatic heterocycles. The molecule has 2 aromatic heterocycles. The number of carbonyl (C=O) groups is 1. The van der Waals surface area contributed by atoms with Crippen LogP contribution in [0, 0.1) is 0 Å². The molecule has 0 radical (unpaired) electrons. The Morgan fingerprint density at radius 2 is 2.36 bits per heavy atom. The Morgan fingerprint density at radius 3 is 3.05 bits per heavy atom. The van der Waals surface area contributed by atoms with Crippen molar-refractivity contribution in [1.29, 1.82) is 0 Å². The lowest BCUT2D eigenvalue weighted by atomic mass is 10.1. The molecule has 2 aromatic rings. The summed E-state index contributed by atoms with van der Waals surface area (Å²) in [6, 6.07) is 4.51. The van der Waals surface area contributed by atoms with E-state index >= 15 is 0 Å². The van der Waals surface area contributed by atoms with Crippen molar-refractivity contribution < 1.29 is 4.79 Å². The van der Waals surface area contributed by atoms with Crippen molar-refractivity contribution in [1.82, 2.24) is 20.2 Å². The van der Waals surface area contributed by atoms with Crippen molar-refractivity contribution in [3.8, 4) is 0 Å². The molecule has 116 valence electrons. The van der Waals surface area contributed by atoms with Gasteiger partial charge in [0.2, 0.25) is 5.91 Å². The van der Waals surface area contributed by atoms with Crippen LogP contribution in [0.15, 0.2) is 29.2 Å². The van der Waals surface area contributed by atoms with Crippen LogP contribution in [-0.2, 0) is 17.9 Å². The first kappa shape index (κ1) is 15.1. The van der Waals surface area contributed by atoms with E-state index in [0.717, 1.165) is 36.5 Å². The number of aromatic nitrogens is 2. The Bertz CT molecular complexity index is 612. The molecule has 5 nitrogen and oxygen atoms in total. The van der Waals surface area contributed by atoms with Crippen LogP contribution >= 0.6 is 11.3 Å². The van der Waals surface area contributed by atoms with E-state index in [1.807, 2.05) is 11.7 Å². The average molecular weight is 316 g/mol. The second-order valence-corrected chi connectivity index (χ2v) is 6.33. The third kappa shape index (κ3) is 3.69. The number of pyridine rings is 1. The molecule has 1 aliphatic rings. The van der Waals surface area contributed by atoms with Crippen LogP contribution < -0.4 is 5.32 Å². The Kier molecular flexibility index (Phi) is 4.80. The van der Waals surface area contributed by atoms with E-state index in [0.29, 0.717) is 12.6 Å². The summed E-state index contributed by atoms with van der Waals surface area (Å²) in [6.45, 7) is 4.05. The molecule has 1 N–H and O–H groups in total. The van der Waals surface area contributed by atoms with Gasteiger partial charge in [-0.25, -0.2) is 4.98 Å². The van der Waals surface area contributed by atoms with Crippen LogP contribution in [-0.4, -0.2) is 27.3 Å². The number of nitrogens with zero attached hydrogens (tertiary/aromatic N) is 3. The SMILES string of the molecule is CC(=O)NCc1ccc([C@@H]2CCCN2Cc2cscn2)nc1. The number of rotatable bonds is 5. The van der Waals surface area contributed by atoms with Gasteiger partial charge in [0.25, 0.3) is 0 Å². The summed E-state index contributed by atoms with van der Waals surface area (Å²) in [4.78, 5) is 22.4. The lowest BCUT2D eigenvalue weighted by molar-refractivity contribution is -0.119. The van der Waals surface area contributed by atoms with Crippen molar-refractivity contribution in [2.75, 3.05) is 6.54 Å². The van der Waals surface area contributed by atoms with Crippen molar-refractivity contribution in [3.05, 3.63) is 46.2 Å². The van der Waals surface area contributed by atoms with E-state index in [1.165, 1.54) is 13.3 Å². The van der Waals surface area contributed by atoms with E-state index in [2.05, 4.69) is 37.7 Å². The average Bonchev–Trinajstić information content (AvgIpc) is 3.18. The summed E-state index contributed by atoms with van der Waals surface area (Å²) < 4.78 is 0. The first-order chi connectivity index (χ1) is 10.7. The highest BCUT2D eigenvalue weighted by atomic mass is 32.1. The second kappa shape index (κ2) is 6.98. The fraction of sp³-hybridized carbons (Fsp3) is 0.438. The zero-order chi connectivity index (χ0) is 15.4. The minimum Gasteiger partial charge on any atom is -0.352 e. The van der Waals surface area contributed by atoms with Gasteiger partial charge in [0.15, 0.2) is 0 Å². The minimum atomic E-state index is -0.0192. The van der Waals surface area contributed by atoms with Crippen LogP contribution in [0.25, 0.3) is 0 Å². The topological polar surface area (TPSA) is 58.1 Å². The van der Waals surface area contributed by atoms with E-state index in [4.69, 9.17) is 0 Å². The summed E-state index contributed by atoms with van der Waals surface area (Å²) in [7, 11) is 0. The lowest BCUT2D eigenvalue weighted by Gasteiger charge is -2.23. The summed E-state index contributed by atoms with van der Waals surface area (Å²) in [5.41, 5.74) is 5.16. The molecule has 0 unspecified atom stereocenters. The van der Waals surface area contributed by atoms with Gasteiger partial charge in [-0.2, -0.15) is 0 Å². The molecule has 1 saturated heterocycles. The first-order valence-electron chi connectivity index (χ1n) is 7.53. The maximum Gasteiger partial charge on any atom is 0.217 e. The fourth-order valence-electron chi connectivity index (χ4n) is 2.84. The van der Waals surface area contributed by atoms with Gasteiger partial charge >= 0.3 is 0 Å². The predicted octanol–water partition coefficient (Wildman–Crippen LogP) is 2.51. The number of hydrogen-bond acceptors (Lipinski definition) is 5. The van der Waals surface area contributed by atoms with Gasteiger partial charge in [0, 0.05) is 31.6 Å². The Hall–Kier alpha value is -1.79. The van der Waals surface area contributed by atoms with Crippen molar-refractivity contribution in [2.45, 2.75) is 38.9 Å². The predicted molar refractivity (Wildman–Crippen MR) is 86.3 cm³/mol. The van der Waals surface area contributed by atoms with Crippen LogP contribution in [0.1, 0.15) is 42.8 Å². The molecule has 3 heterocycles. The first-order valence-corrected chi connectivity index (χ1v) is 8.47. The summed E-state index contributed by atoms with van der Waals surface area (Å²) in [5, 5.41) is 4.90. The zero-order valence-electron chi connectivity index (χ0n) is 12.7. The third-order valence-electron chi connectivity index (χ3n) is 3.94. The van der Waals surface area contributed by atoms with Gasteiger partial charge in [-0.15, -0.1) is 11.3 Å². The zero-order valence-corrected chi connectivity index (χ0v) is 13.5. The molecule has 0 spiro atoms. The van der Waals surface area contributed by atoms with E-state index in [-0.39, 0.29) is 5.91 Å². The number of nitrogens with one attached hydrogen (secondary N) is 1. The number of thiazole rings is 1. The largest absolute Gasteiger partial charge is 0.352 e. The van der Waals surface area contributed by atoms with Gasteiger partial charge < -0.3 is 5.32 Å². The van der Waals surface area contributed by atoms with Crippen molar-refractivity contribution in [2.24, 2.45) is 0 Å². The molecule has 1 amide bonds. The normalized spacial score (nSPS) is 18.5. The smallest absolute Gasteiger partial charge is 0.217 e. The molecule has 0 saturated carbocycles. The second-order valence-electron chi connectivity index (χ2n) is 5.61. The van der Waals surface area contributed by atoms with Gasteiger partial charge in [-0.3, -0.25) is 14.7 Å². The summed E-state index contributed by atoms with van der Waals surface area (Å²) in [6.07, 6.45) is 4.21. The molecular weight excluding hydrogens is 296 g/mol. The van der Waals surface area contributed by atoms with Crippen molar-refractivity contribution in [3.63, 3.8) is 0 Å². The molecular formula is C16H20N4OS. The molecule has 6 heteroatoms. The molecule has 1 fully saturated rings. The Balaban J connectivity index is 1.65. The fourth-order valence-corrected chi connectivity index (χ4v) is 3.39. The lowest BCUT2D eigenvalue weighted by Crippen LogP contribution is -2.24. The number of carbonyl (C=O) groups excluding carboxylic acids is 1. The number of likely N-dealkylation sites (tertiary alicyclic amines) is 1. The summed E-state index contributed by atoms with van der Waals surface area (Å²) in [5.74, 6) is -0.0192. The molecule has 3 rings (SSSR count). The van der Waals surface area contributed by atoms with Gasteiger partial charge in [-0.1, -0.05) is 6.07 Å². The number of amides is 1. The molecule has 0 aliphatic carbocycles. The molecule has 0 bridgehead atoms. The Morgan fingerprint density at radius 1 is 1.45 bits per heavy atom. The third-order valence-corrected chi connectivity index (χ3v) is 4.58. The van der Waals surface area contributed by atoms with Gasteiger partial charge in [0.05, 0.1) is 22.9 Å². The van der Waals surface area contributed by atoms with Crippen LogP contribution in [0.2, 0.25) is 0 Å². The molecule has 22 heavy (non-hydrogen) atoms. The van der Waals surface area contributed by atoms with Gasteiger partial charge in [0.1, 0.15) is 0 Å². The monoisotopic (exact) mass is 316 g/mol. The maximum atomic E-state index is 10.9. The highest BCUT2D eigenvalue weighted by Crippen LogP contribution is 2.32. The van der Waals surface area contributed by atoms with E-state index in [1.54, 1.807) is 11.3 Å². The standard InChI is InChI=1S/C16H20N4OS/c1-12(21)17-7-13-4-5-15(18-8-13)16-3-2-6-20(16)9-14-10-22-11-19-14/h4-5,8,10-11,16H,2-3,6-7,9H2,1H3,(H,17,21)/t16-/m0/s1. The van der Waals surface area contributed by atoms with E-state index in [9.17, 15) is 4.79 Å². The van der Waals surface area contributed by atoms with Crippen LogP contribution in [0.3, 0.4) is 0 Å². The van der Waals surface area contributed by atoms with Crippen LogP contribution in [0.4, 0.5) is 0 Å². The van der Waals surface area contributed by atoms with Crippen LogP contribution in [0.5, 0.6) is 0 Å². The van der Waals surface area contributed by atoms with E-state index < -0.39 is 0 Å². The van der Waals surface area contributed by atoms with Gasteiger partial charge in [-0.05, 0) is 31.0 Å². The highest BCUT2D eigenvalue weighted by Gasteiger charge is 2.27. The maximum absolute atomic E-state index is 10.9.